The molecule has 9 nitrogen and oxygen atoms in total. The first-order valence-electron chi connectivity index (χ1n) is 8.64. The first kappa shape index (κ1) is 21.5. The molecule has 1 amide bonds. The number of aryl methyl sites for hydroxylation is 1. The fourth-order valence-electron chi connectivity index (χ4n) is 2.38. The second-order valence-corrected chi connectivity index (χ2v) is 9.00. The molecule has 0 aromatic heterocycles. The molecule has 1 aliphatic heterocycles. The highest BCUT2D eigenvalue weighted by Crippen LogP contribution is 2.22. The Labute approximate surface area is 177 Å². The van der Waals surface area contributed by atoms with Crippen LogP contribution in [0.4, 0.5) is 0 Å². The molecule has 0 spiro atoms. The summed E-state index contributed by atoms with van der Waals surface area (Å²) in [6, 6.07) is 12.5. The van der Waals surface area contributed by atoms with Crippen molar-refractivity contribution in [3.8, 4) is 5.75 Å². The van der Waals surface area contributed by atoms with Crippen molar-refractivity contribution in [2.24, 2.45) is 10.2 Å². The Hall–Kier alpha value is -3.18. The highest BCUT2D eigenvalue weighted by Gasteiger charge is 2.32. The molecule has 1 heterocycles. The molecule has 0 saturated carbocycles. The lowest BCUT2D eigenvalue weighted by molar-refractivity contribution is -0.138. The van der Waals surface area contributed by atoms with Crippen LogP contribution in [0.3, 0.4) is 0 Å². The van der Waals surface area contributed by atoms with Crippen LogP contribution in [0.15, 0.2) is 63.6 Å². The van der Waals surface area contributed by atoms with E-state index in [-0.39, 0.29) is 22.2 Å². The molecule has 11 heteroatoms. The first-order chi connectivity index (χ1) is 14.2. The first-order valence-corrected chi connectivity index (χ1v) is 10.9. The number of hydrogen-bond donors (Lipinski definition) is 2. The zero-order chi connectivity index (χ0) is 21.7. The smallest absolute Gasteiger partial charge is 0.339 e. The van der Waals surface area contributed by atoms with E-state index in [4.69, 9.17) is 9.29 Å². The topological polar surface area (TPSA) is 134 Å². The van der Waals surface area contributed by atoms with Crippen molar-refractivity contribution in [3.05, 3.63) is 59.7 Å². The van der Waals surface area contributed by atoms with Crippen LogP contribution in [0.1, 0.15) is 17.5 Å². The summed E-state index contributed by atoms with van der Waals surface area (Å²) >= 11 is 0.998. The van der Waals surface area contributed by atoms with E-state index < -0.39 is 27.2 Å². The Morgan fingerprint density at radius 2 is 1.87 bits per heavy atom. The number of amides is 1. The molecule has 0 bridgehead atoms. The third-order valence-corrected chi connectivity index (χ3v) is 6.22. The minimum atomic E-state index is -3.93. The van der Waals surface area contributed by atoms with Gasteiger partial charge < -0.3 is 14.6 Å². The predicted molar refractivity (Wildman–Crippen MR) is 112 cm³/mol. The van der Waals surface area contributed by atoms with E-state index in [1.54, 1.807) is 24.3 Å². The fraction of sp³-hybridized carbons (Fsp3) is 0.158. The van der Waals surface area contributed by atoms with Gasteiger partial charge in [0.05, 0.1) is 12.6 Å². The minimum Gasteiger partial charge on any atom is -0.481 e. The van der Waals surface area contributed by atoms with E-state index in [1.165, 1.54) is 30.5 Å². The van der Waals surface area contributed by atoms with Gasteiger partial charge in [0, 0.05) is 0 Å². The summed E-state index contributed by atoms with van der Waals surface area (Å²) in [5, 5.41) is 18.4. The van der Waals surface area contributed by atoms with Gasteiger partial charge in [0.15, 0.2) is 5.17 Å². The second-order valence-electron chi connectivity index (χ2n) is 6.26. The normalized spacial score (nSPS) is 18.0. The molecule has 1 saturated heterocycles. The molecule has 30 heavy (non-hydrogen) atoms. The maximum atomic E-state index is 12.3. The minimum absolute atomic E-state index is 0.0619. The Morgan fingerprint density at radius 1 is 1.20 bits per heavy atom. The monoisotopic (exact) mass is 447 g/mol. The molecule has 3 rings (SSSR count). The summed E-state index contributed by atoms with van der Waals surface area (Å²) in [5.41, 5.74) is 1.56. The van der Waals surface area contributed by atoms with Crippen molar-refractivity contribution >= 4 is 45.1 Å². The summed E-state index contributed by atoms with van der Waals surface area (Å²) in [7, 11) is -3.93. The third-order valence-electron chi connectivity index (χ3n) is 3.89. The molecule has 2 aromatic rings. The van der Waals surface area contributed by atoms with E-state index in [2.05, 4.69) is 15.5 Å². The van der Waals surface area contributed by atoms with E-state index in [0.29, 0.717) is 5.56 Å². The average molecular weight is 447 g/mol. The van der Waals surface area contributed by atoms with Crippen molar-refractivity contribution < 1.29 is 27.3 Å². The van der Waals surface area contributed by atoms with Gasteiger partial charge in [-0.2, -0.15) is 13.5 Å². The van der Waals surface area contributed by atoms with Gasteiger partial charge in [0.1, 0.15) is 15.9 Å². The summed E-state index contributed by atoms with van der Waals surface area (Å²) in [6.45, 7) is 1.86. The number of carbonyl (C=O) groups excluding carboxylic acids is 1. The van der Waals surface area contributed by atoms with Gasteiger partial charge in [-0.1, -0.05) is 29.5 Å². The number of carbonyl (C=O) groups is 2. The van der Waals surface area contributed by atoms with Gasteiger partial charge in [0.25, 0.3) is 0 Å². The van der Waals surface area contributed by atoms with E-state index in [0.717, 1.165) is 17.3 Å². The number of amidine groups is 1. The molecule has 1 aliphatic rings. The van der Waals surface area contributed by atoms with Gasteiger partial charge in [-0.3, -0.25) is 9.59 Å². The fourth-order valence-corrected chi connectivity index (χ4v) is 4.23. The van der Waals surface area contributed by atoms with E-state index in [1.807, 2.05) is 6.92 Å². The number of rotatable bonds is 7. The van der Waals surface area contributed by atoms with Crippen LogP contribution in [0.25, 0.3) is 0 Å². The summed E-state index contributed by atoms with van der Waals surface area (Å²) < 4.78 is 29.7. The molecule has 0 unspecified atom stereocenters. The Kier molecular flexibility index (Phi) is 6.53. The third kappa shape index (κ3) is 5.67. The van der Waals surface area contributed by atoms with Gasteiger partial charge >= 0.3 is 16.1 Å². The molecule has 0 radical (unpaired) electrons. The zero-order valence-electron chi connectivity index (χ0n) is 15.7. The molecule has 2 aromatic carbocycles. The quantitative estimate of drug-likeness (QED) is 0.377. The van der Waals surface area contributed by atoms with Gasteiger partial charge in [-0.05, 0) is 48.9 Å². The number of benzene rings is 2. The van der Waals surface area contributed by atoms with Crippen LogP contribution in [-0.4, -0.2) is 42.0 Å². The number of aliphatic carboxylic acids is 1. The molecule has 156 valence electrons. The SMILES string of the molecule is Cc1ccc(S(=O)(=O)Oc2ccc(/C=N\N=C3\NC(=O)[C@@H](CC(=O)O)S3)cc2)cc1. The van der Waals surface area contributed by atoms with Gasteiger partial charge in [-0.15, -0.1) is 5.10 Å². The number of nitrogens with one attached hydrogen (secondary N) is 1. The summed E-state index contributed by atoms with van der Waals surface area (Å²) in [4.78, 5) is 22.4. The van der Waals surface area contributed by atoms with Crippen LogP contribution in [0.5, 0.6) is 5.75 Å². The number of carboxylic acid groups (broad SMARTS) is 1. The molecular formula is C19H17N3O6S2. The summed E-state index contributed by atoms with van der Waals surface area (Å²) in [5.74, 6) is -1.35. The lowest BCUT2D eigenvalue weighted by Gasteiger charge is -2.07. The molecule has 2 N–H and O–H groups in total. The van der Waals surface area contributed by atoms with E-state index in [9.17, 15) is 18.0 Å². The largest absolute Gasteiger partial charge is 0.481 e. The van der Waals surface area contributed by atoms with Crippen LogP contribution in [0, 0.1) is 6.92 Å². The highest BCUT2D eigenvalue weighted by molar-refractivity contribution is 8.15. The predicted octanol–water partition coefficient (Wildman–Crippen LogP) is 2.16. The van der Waals surface area contributed by atoms with Crippen molar-refractivity contribution in [2.45, 2.75) is 23.5 Å². The standard InChI is InChI=1S/C19H17N3O6S2/c1-12-2-8-15(9-3-12)30(26,27)28-14-6-4-13(5-7-14)11-20-22-19-21-18(25)16(29-19)10-17(23)24/h2-9,11,16H,10H2,1H3,(H,23,24)(H,21,22,25)/b20-11-/t16-/m1/s1. The van der Waals surface area contributed by atoms with Gasteiger partial charge in [0.2, 0.25) is 5.91 Å². The van der Waals surface area contributed by atoms with Gasteiger partial charge in [-0.25, -0.2) is 0 Å². The number of hydrogen-bond acceptors (Lipinski definition) is 8. The molecule has 1 fully saturated rings. The van der Waals surface area contributed by atoms with Crippen molar-refractivity contribution in [1.29, 1.82) is 0 Å². The van der Waals surface area contributed by atoms with Crippen LogP contribution >= 0.6 is 11.8 Å². The Morgan fingerprint density at radius 3 is 2.50 bits per heavy atom. The van der Waals surface area contributed by atoms with Crippen LogP contribution in [-0.2, 0) is 19.7 Å². The number of carboxylic acids is 1. The Bertz CT molecular complexity index is 1110. The molecular weight excluding hydrogens is 430 g/mol. The lowest BCUT2D eigenvalue weighted by atomic mass is 10.2. The van der Waals surface area contributed by atoms with Crippen molar-refractivity contribution in [2.75, 3.05) is 0 Å². The van der Waals surface area contributed by atoms with Crippen molar-refractivity contribution in [3.63, 3.8) is 0 Å². The van der Waals surface area contributed by atoms with Crippen LogP contribution in [0.2, 0.25) is 0 Å². The number of thioether (sulfide) groups is 1. The van der Waals surface area contributed by atoms with Crippen molar-refractivity contribution in [1.82, 2.24) is 5.32 Å². The highest BCUT2D eigenvalue weighted by atomic mass is 32.2. The molecule has 0 aliphatic carbocycles. The molecule has 1 atom stereocenters. The average Bonchev–Trinajstić information content (AvgIpc) is 3.02. The second kappa shape index (κ2) is 9.09. The Balaban J connectivity index is 1.61. The van der Waals surface area contributed by atoms with E-state index >= 15 is 0 Å². The zero-order valence-corrected chi connectivity index (χ0v) is 17.3. The number of nitrogens with zero attached hydrogens (tertiary/aromatic N) is 2. The lowest BCUT2D eigenvalue weighted by Crippen LogP contribution is -2.26. The maximum Gasteiger partial charge on any atom is 0.339 e. The summed E-state index contributed by atoms with van der Waals surface area (Å²) in [6.07, 6.45) is 1.11. The maximum absolute atomic E-state index is 12.3. The van der Waals surface area contributed by atoms with Crippen LogP contribution < -0.4 is 9.50 Å².